The number of fused-ring (bicyclic) bond motifs is 1. The number of carbonyl (C=O) groups excluding carboxylic acids is 4. The molecule has 0 radical (unpaired) electrons. The van der Waals surface area contributed by atoms with E-state index in [4.69, 9.17) is 21.1 Å². The summed E-state index contributed by atoms with van der Waals surface area (Å²) in [6.07, 6.45) is 2.14. The van der Waals surface area contributed by atoms with Crippen LogP contribution in [0.1, 0.15) is 44.4 Å². The number of hydrogen-bond acceptors (Lipinski definition) is 8. The largest absolute Gasteiger partial charge is 0.448 e. The minimum absolute atomic E-state index is 0.0380. The van der Waals surface area contributed by atoms with Crippen LogP contribution in [0.3, 0.4) is 0 Å². The first-order chi connectivity index (χ1) is 22.5. The summed E-state index contributed by atoms with van der Waals surface area (Å²) in [5, 5.41) is 2.30. The van der Waals surface area contributed by atoms with Crippen molar-refractivity contribution in [3.63, 3.8) is 0 Å². The molecule has 2 fully saturated rings. The molecule has 10 nitrogen and oxygen atoms in total. The molecular formula is C35H33ClN4O6S. The van der Waals surface area contributed by atoms with Gasteiger partial charge in [-0.1, -0.05) is 72.3 Å². The molecule has 12 heteroatoms. The number of alkyl carbamates (subject to hydrolysis) is 1. The van der Waals surface area contributed by atoms with Crippen molar-refractivity contribution in [1.29, 1.82) is 0 Å². The molecule has 3 amide bonds. The summed E-state index contributed by atoms with van der Waals surface area (Å²) in [4.78, 5) is 61.0. The Labute approximate surface area is 281 Å². The fourth-order valence-corrected chi connectivity index (χ4v) is 7.22. The number of ether oxygens (including phenoxy) is 2. The van der Waals surface area contributed by atoms with Gasteiger partial charge in [0.05, 0.1) is 5.69 Å². The fraction of sp³-hybridized carbons (Fsp3) is 0.286. The van der Waals surface area contributed by atoms with Gasteiger partial charge in [0.1, 0.15) is 22.7 Å². The Morgan fingerprint density at radius 2 is 1.68 bits per heavy atom. The molecular weight excluding hydrogens is 640 g/mol. The molecule has 2 saturated heterocycles. The molecule has 3 aliphatic rings. The highest BCUT2D eigenvalue weighted by Gasteiger charge is 2.55. The quantitative estimate of drug-likeness (QED) is 0.145. The second kappa shape index (κ2) is 13.2. The minimum Gasteiger partial charge on any atom is -0.448 e. The third kappa shape index (κ3) is 6.77. The number of anilines is 1. The van der Waals surface area contributed by atoms with Gasteiger partial charge in [0, 0.05) is 24.1 Å². The van der Waals surface area contributed by atoms with E-state index in [2.05, 4.69) is 10.3 Å². The normalized spacial score (nSPS) is 20.3. The Bertz CT molecular complexity index is 1740. The Morgan fingerprint density at radius 1 is 1.02 bits per heavy atom. The monoisotopic (exact) mass is 672 g/mol. The zero-order valence-corrected chi connectivity index (χ0v) is 27.6. The van der Waals surface area contributed by atoms with E-state index >= 15 is 0 Å². The molecule has 242 valence electrons. The Morgan fingerprint density at radius 3 is 2.30 bits per heavy atom. The molecule has 3 aromatic rings. The third-order valence-electron chi connectivity index (χ3n) is 7.80. The third-order valence-corrected chi connectivity index (χ3v) is 9.39. The minimum atomic E-state index is -0.901. The second-order valence-electron chi connectivity index (χ2n) is 12.2. The number of aromatic nitrogens is 1. The topological polar surface area (TPSA) is 118 Å². The van der Waals surface area contributed by atoms with Gasteiger partial charge in [0.25, 0.3) is 11.8 Å². The number of pyridine rings is 1. The van der Waals surface area contributed by atoms with Crippen molar-refractivity contribution in [2.24, 2.45) is 0 Å². The van der Waals surface area contributed by atoms with E-state index < -0.39 is 41.1 Å². The molecule has 47 heavy (non-hydrogen) atoms. The maximum absolute atomic E-state index is 14.3. The number of rotatable bonds is 7. The van der Waals surface area contributed by atoms with Gasteiger partial charge in [-0.05, 0) is 62.1 Å². The van der Waals surface area contributed by atoms with Gasteiger partial charge in [-0.3, -0.25) is 14.5 Å². The molecule has 0 saturated carbocycles. The predicted molar refractivity (Wildman–Crippen MR) is 178 cm³/mol. The molecule has 1 N–H and O–H groups in total. The summed E-state index contributed by atoms with van der Waals surface area (Å²) < 4.78 is 11.6. The van der Waals surface area contributed by atoms with Crippen LogP contribution in [-0.4, -0.2) is 63.1 Å². The van der Waals surface area contributed by atoms with Crippen molar-refractivity contribution < 1.29 is 28.7 Å². The van der Waals surface area contributed by atoms with Crippen LogP contribution in [0.25, 0.3) is 0 Å². The zero-order valence-electron chi connectivity index (χ0n) is 26.0. The van der Waals surface area contributed by atoms with E-state index in [9.17, 15) is 19.2 Å². The molecule has 0 spiro atoms. The summed E-state index contributed by atoms with van der Waals surface area (Å²) >= 11 is 7.66. The molecule has 1 aromatic heterocycles. The maximum Gasteiger partial charge on any atom is 0.408 e. The number of nitrogens with one attached hydrogen (secondary N) is 1. The highest BCUT2D eigenvalue weighted by Crippen LogP contribution is 2.43. The first-order valence-corrected chi connectivity index (χ1v) is 16.6. The van der Waals surface area contributed by atoms with Crippen LogP contribution < -0.4 is 10.2 Å². The van der Waals surface area contributed by atoms with E-state index in [1.165, 1.54) is 16.7 Å². The van der Waals surface area contributed by atoms with Crippen LogP contribution in [0.15, 0.2) is 102 Å². The Hall–Kier alpha value is -4.61. The van der Waals surface area contributed by atoms with Crippen LogP contribution in [0, 0.1) is 0 Å². The number of halogens is 1. The highest BCUT2D eigenvalue weighted by atomic mass is 35.5. The molecule has 2 aromatic carbocycles. The lowest BCUT2D eigenvalue weighted by atomic mass is 10.00. The van der Waals surface area contributed by atoms with Crippen LogP contribution in [0.2, 0.25) is 5.15 Å². The lowest BCUT2D eigenvalue weighted by molar-refractivity contribution is -0.153. The highest BCUT2D eigenvalue weighted by molar-refractivity contribution is 8.00. The fourth-order valence-electron chi connectivity index (χ4n) is 5.69. The number of thioether (sulfide) groups is 1. The SMILES string of the molecule is CC(C)(C)OC(=O)N[C@@H]1C(=O)N2C(C(=O)OC(c3ccccc3)c3ccccc3)=C(C=C3CCN(c4cccnc4Cl)C3=O)CS[C@H]12. The van der Waals surface area contributed by atoms with Gasteiger partial charge in [-0.2, -0.15) is 0 Å². The standard InChI is InChI=1S/C35H33ClN4O6S/c1-35(2,3)46-34(44)38-26-31(42)40-27(33(43)45-28(21-11-6-4-7-12-21)22-13-8-5-9-14-22)24(20-47-32(26)40)19-23-16-18-39(30(23)41)25-15-10-17-37-29(25)36/h4-15,17,19,26,28,32H,16,18,20H2,1-3H3,(H,38,44)/t26-,32-/m1/s1. The molecule has 6 rings (SSSR count). The van der Waals surface area contributed by atoms with Crippen molar-refractivity contribution in [3.05, 3.63) is 118 Å². The summed E-state index contributed by atoms with van der Waals surface area (Å²) in [6, 6.07) is 21.2. The number of esters is 1. The lowest BCUT2D eigenvalue weighted by Gasteiger charge is -2.49. The van der Waals surface area contributed by atoms with Crippen molar-refractivity contribution in [1.82, 2.24) is 15.2 Å². The molecule has 0 unspecified atom stereocenters. The number of β-lactam (4-membered cyclic amide) rings is 1. The predicted octanol–water partition coefficient (Wildman–Crippen LogP) is 5.79. The van der Waals surface area contributed by atoms with E-state index in [1.807, 2.05) is 60.7 Å². The van der Waals surface area contributed by atoms with Gasteiger partial charge in [0.2, 0.25) is 0 Å². The van der Waals surface area contributed by atoms with Crippen LogP contribution >= 0.6 is 23.4 Å². The first kappa shape index (κ1) is 32.3. The van der Waals surface area contributed by atoms with Gasteiger partial charge in [-0.25, -0.2) is 14.6 Å². The first-order valence-electron chi connectivity index (χ1n) is 15.1. The summed E-state index contributed by atoms with van der Waals surface area (Å²) in [5.41, 5.74) is 2.22. The zero-order chi connectivity index (χ0) is 33.3. The number of carbonyl (C=O) groups is 4. The smallest absolute Gasteiger partial charge is 0.408 e. The van der Waals surface area contributed by atoms with Gasteiger partial charge >= 0.3 is 12.1 Å². The molecule has 3 aliphatic heterocycles. The van der Waals surface area contributed by atoms with Crippen molar-refractivity contribution in [2.45, 2.75) is 50.3 Å². The molecule has 2 atom stereocenters. The lowest BCUT2D eigenvalue weighted by Crippen LogP contribution is -2.70. The number of amides is 3. The average Bonchev–Trinajstić information content (AvgIpc) is 3.41. The van der Waals surface area contributed by atoms with Crippen LogP contribution in [0.4, 0.5) is 10.5 Å². The number of nitrogens with zero attached hydrogens (tertiary/aromatic N) is 3. The van der Waals surface area contributed by atoms with Crippen LogP contribution in [0.5, 0.6) is 0 Å². The van der Waals surface area contributed by atoms with Crippen molar-refractivity contribution in [2.75, 3.05) is 17.2 Å². The summed E-state index contributed by atoms with van der Waals surface area (Å²) in [5.74, 6) is -1.18. The van der Waals surface area contributed by atoms with Gasteiger partial charge in [-0.15, -0.1) is 11.8 Å². The summed E-state index contributed by atoms with van der Waals surface area (Å²) in [6.45, 7) is 5.58. The molecule has 4 heterocycles. The van der Waals surface area contributed by atoms with Gasteiger partial charge in [0.15, 0.2) is 11.3 Å². The van der Waals surface area contributed by atoms with E-state index in [-0.39, 0.29) is 22.5 Å². The van der Waals surface area contributed by atoms with Crippen LogP contribution in [-0.2, 0) is 23.9 Å². The average molecular weight is 673 g/mol. The number of benzene rings is 2. The summed E-state index contributed by atoms with van der Waals surface area (Å²) in [7, 11) is 0. The molecule has 0 bridgehead atoms. The Kier molecular flexibility index (Phi) is 9.11. The van der Waals surface area contributed by atoms with Gasteiger partial charge < -0.3 is 19.7 Å². The number of hydrogen-bond donors (Lipinski definition) is 1. The van der Waals surface area contributed by atoms with E-state index in [0.717, 1.165) is 11.1 Å². The maximum atomic E-state index is 14.3. The number of allylic oxidation sites excluding steroid dienone is 1. The van der Waals surface area contributed by atoms with Crippen molar-refractivity contribution in [3.8, 4) is 0 Å². The van der Waals surface area contributed by atoms with E-state index in [0.29, 0.717) is 29.8 Å². The van der Waals surface area contributed by atoms with Crippen molar-refractivity contribution >= 4 is 52.9 Å². The second-order valence-corrected chi connectivity index (χ2v) is 13.7. The van der Waals surface area contributed by atoms with E-state index in [1.54, 1.807) is 50.1 Å². The Balaban J connectivity index is 1.35. The molecule has 0 aliphatic carbocycles.